The fraction of sp³-hybridized carbons (Fsp3) is 0.407. The molecule has 0 unspecified atom stereocenters. The van der Waals surface area contributed by atoms with Crippen LogP contribution in [0.4, 0.5) is 5.88 Å². The van der Waals surface area contributed by atoms with Gasteiger partial charge in [0.25, 0.3) is 5.91 Å². The topological polar surface area (TPSA) is 71.3 Å². The van der Waals surface area contributed by atoms with E-state index in [0.29, 0.717) is 30.2 Å². The number of carbonyl (C=O) groups excluding carboxylic acids is 1. The zero-order valence-corrected chi connectivity index (χ0v) is 20.4. The smallest absolute Gasteiger partial charge is 0.254 e. The van der Waals surface area contributed by atoms with Crippen molar-refractivity contribution in [1.29, 1.82) is 0 Å². The highest BCUT2D eigenvalue weighted by atomic mass is 16.7. The molecule has 0 saturated carbocycles. The number of fused-ring (bicyclic) bond motifs is 1. The van der Waals surface area contributed by atoms with Crippen molar-refractivity contribution >= 4 is 11.8 Å². The highest BCUT2D eigenvalue weighted by Crippen LogP contribution is 2.35. The van der Waals surface area contributed by atoms with Crippen LogP contribution >= 0.6 is 0 Å². The van der Waals surface area contributed by atoms with E-state index in [1.807, 2.05) is 49.3 Å². The van der Waals surface area contributed by atoms with E-state index in [2.05, 4.69) is 15.0 Å². The molecule has 3 heterocycles. The van der Waals surface area contributed by atoms with Crippen molar-refractivity contribution in [3.63, 3.8) is 0 Å². The number of hydrogen-bond acceptors (Lipinski definition) is 7. The highest BCUT2D eigenvalue weighted by molar-refractivity contribution is 5.95. The maximum absolute atomic E-state index is 13.8. The molecule has 2 aliphatic heterocycles. The predicted molar refractivity (Wildman–Crippen MR) is 134 cm³/mol. The minimum Gasteiger partial charge on any atom is -0.454 e. The number of nitrogens with zero attached hydrogens (tertiary/aromatic N) is 4. The zero-order valence-electron chi connectivity index (χ0n) is 20.4. The molecule has 35 heavy (non-hydrogen) atoms. The molecule has 1 amide bonds. The number of carbonyl (C=O) groups is 1. The van der Waals surface area contributed by atoms with E-state index in [9.17, 15) is 4.79 Å². The minimum absolute atomic E-state index is 0.0602. The lowest BCUT2D eigenvalue weighted by molar-refractivity contribution is 0.0732. The van der Waals surface area contributed by atoms with Crippen LogP contribution in [0, 0.1) is 0 Å². The number of aromatic nitrogens is 1. The summed E-state index contributed by atoms with van der Waals surface area (Å²) in [6, 6.07) is 15.4. The van der Waals surface area contributed by atoms with Gasteiger partial charge in [0.05, 0.1) is 12.1 Å². The third kappa shape index (κ3) is 5.12. The van der Waals surface area contributed by atoms with Crippen molar-refractivity contribution in [2.24, 2.45) is 0 Å². The van der Waals surface area contributed by atoms with Gasteiger partial charge in [-0.2, -0.15) is 0 Å². The quantitative estimate of drug-likeness (QED) is 0.481. The summed E-state index contributed by atoms with van der Waals surface area (Å²) in [4.78, 5) is 20.0. The number of anilines is 1. The molecule has 0 spiro atoms. The summed E-state index contributed by atoms with van der Waals surface area (Å²) in [6.45, 7) is 3.76. The molecule has 8 heteroatoms. The SMILES string of the molecule is CN(C)CCN(Cc1c(-c2ccccc2)noc1N1CCCCC1)C(=O)c1ccc2c(c1)OCO2. The summed E-state index contributed by atoms with van der Waals surface area (Å²) in [6.07, 6.45) is 3.48. The predicted octanol–water partition coefficient (Wildman–Crippen LogP) is 4.26. The first kappa shape index (κ1) is 23.2. The summed E-state index contributed by atoms with van der Waals surface area (Å²) in [5.74, 6) is 1.98. The van der Waals surface area contributed by atoms with E-state index in [0.717, 1.165) is 55.2 Å². The third-order valence-electron chi connectivity index (χ3n) is 6.53. The average molecular weight is 477 g/mol. The second-order valence-electron chi connectivity index (χ2n) is 9.33. The Labute approximate surface area is 206 Å². The standard InChI is InChI=1S/C27H32N4O4/c1-29(2)15-16-31(26(32)21-11-12-23-24(17-21)34-19-33-23)18-22-25(20-9-5-3-6-10-20)28-35-27(22)30-13-7-4-8-14-30/h3,5-6,9-12,17H,4,7-8,13-16,18-19H2,1-2H3. The summed E-state index contributed by atoms with van der Waals surface area (Å²) < 4.78 is 16.9. The highest BCUT2D eigenvalue weighted by Gasteiger charge is 2.28. The molecule has 184 valence electrons. The number of amides is 1. The van der Waals surface area contributed by atoms with E-state index in [-0.39, 0.29) is 12.7 Å². The van der Waals surface area contributed by atoms with Crippen LogP contribution in [0.3, 0.4) is 0 Å². The Hall–Kier alpha value is -3.52. The Morgan fingerprint density at radius 3 is 2.51 bits per heavy atom. The summed E-state index contributed by atoms with van der Waals surface area (Å²) in [7, 11) is 4.02. The van der Waals surface area contributed by atoms with Crippen LogP contribution in [-0.4, -0.2) is 67.9 Å². The van der Waals surface area contributed by atoms with Crippen molar-refractivity contribution in [3.8, 4) is 22.8 Å². The van der Waals surface area contributed by atoms with Crippen LogP contribution in [0.1, 0.15) is 35.2 Å². The normalized spacial score (nSPS) is 15.0. The van der Waals surface area contributed by atoms with Gasteiger partial charge < -0.3 is 28.7 Å². The van der Waals surface area contributed by atoms with Gasteiger partial charge in [-0.25, -0.2) is 0 Å². The summed E-state index contributed by atoms with van der Waals surface area (Å²) in [5.41, 5.74) is 3.30. The van der Waals surface area contributed by atoms with E-state index < -0.39 is 0 Å². The number of rotatable bonds is 8. The molecule has 8 nitrogen and oxygen atoms in total. The number of likely N-dealkylation sites (N-methyl/N-ethyl adjacent to an activating group) is 1. The number of hydrogen-bond donors (Lipinski definition) is 0. The van der Waals surface area contributed by atoms with Crippen LogP contribution in [0.15, 0.2) is 53.1 Å². The summed E-state index contributed by atoms with van der Waals surface area (Å²) >= 11 is 0. The van der Waals surface area contributed by atoms with Gasteiger partial charge in [0, 0.05) is 37.3 Å². The van der Waals surface area contributed by atoms with E-state index >= 15 is 0 Å². The van der Waals surface area contributed by atoms with E-state index in [1.54, 1.807) is 18.2 Å². The average Bonchev–Trinajstić information content (AvgIpc) is 3.53. The maximum atomic E-state index is 13.8. The molecular weight excluding hydrogens is 444 g/mol. The molecule has 0 aliphatic carbocycles. The van der Waals surface area contributed by atoms with Gasteiger partial charge in [-0.1, -0.05) is 35.5 Å². The minimum atomic E-state index is -0.0602. The van der Waals surface area contributed by atoms with Gasteiger partial charge >= 0.3 is 0 Å². The molecule has 0 atom stereocenters. The first-order valence-electron chi connectivity index (χ1n) is 12.2. The number of piperidine rings is 1. The molecule has 1 aromatic heterocycles. The van der Waals surface area contributed by atoms with Gasteiger partial charge in [-0.05, 0) is 51.6 Å². The van der Waals surface area contributed by atoms with Crippen molar-refractivity contribution in [2.45, 2.75) is 25.8 Å². The molecule has 2 aromatic carbocycles. The van der Waals surface area contributed by atoms with Gasteiger partial charge in [-0.15, -0.1) is 0 Å². The molecule has 2 aliphatic rings. The molecule has 5 rings (SSSR count). The van der Waals surface area contributed by atoms with Gasteiger partial charge in [0.1, 0.15) is 5.69 Å². The lowest BCUT2D eigenvalue weighted by atomic mass is 10.0. The Kier molecular flexibility index (Phi) is 6.90. The van der Waals surface area contributed by atoms with E-state index in [1.165, 1.54) is 6.42 Å². The first-order chi connectivity index (χ1) is 17.1. The Morgan fingerprint density at radius 1 is 0.971 bits per heavy atom. The lowest BCUT2D eigenvalue weighted by Gasteiger charge is -2.29. The van der Waals surface area contributed by atoms with Crippen molar-refractivity contribution < 1.29 is 18.8 Å². The number of ether oxygens (including phenoxy) is 2. The third-order valence-corrected chi connectivity index (χ3v) is 6.53. The van der Waals surface area contributed by atoms with Crippen LogP contribution in [-0.2, 0) is 6.54 Å². The van der Waals surface area contributed by atoms with Crippen LogP contribution in [0.2, 0.25) is 0 Å². The molecular formula is C27H32N4O4. The van der Waals surface area contributed by atoms with Crippen LogP contribution < -0.4 is 14.4 Å². The zero-order chi connectivity index (χ0) is 24.2. The van der Waals surface area contributed by atoms with Crippen molar-refractivity contribution in [3.05, 3.63) is 59.7 Å². The molecule has 0 N–H and O–H groups in total. The molecule has 0 radical (unpaired) electrons. The molecule has 3 aromatic rings. The summed E-state index contributed by atoms with van der Waals surface area (Å²) in [5, 5.41) is 4.49. The molecule has 1 saturated heterocycles. The second-order valence-corrected chi connectivity index (χ2v) is 9.33. The second kappa shape index (κ2) is 10.4. The lowest BCUT2D eigenvalue weighted by Crippen LogP contribution is -2.37. The maximum Gasteiger partial charge on any atom is 0.254 e. The Balaban J connectivity index is 1.50. The Bertz CT molecular complexity index is 1160. The fourth-order valence-corrected chi connectivity index (χ4v) is 4.59. The van der Waals surface area contributed by atoms with Crippen molar-refractivity contribution in [1.82, 2.24) is 15.0 Å². The fourth-order valence-electron chi connectivity index (χ4n) is 4.59. The molecule has 1 fully saturated rings. The van der Waals surface area contributed by atoms with Gasteiger partial charge in [0.2, 0.25) is 12.7 Å². The van der Waals surface area contributed by atoms with Crippen LogP contribution in [0.25, 0.3) is 11.3 Å². The Morgan fingerprint density at radius 2 is 1.74 bits per heavy atom. The number of benzene rings is 2. The van der Waals surface area contributed by atoms with Gasteiger partial charge in [-0.3, -0.25) is 4.79 Å². The van der Waals surface area contributed by atoms with Crippen LogP contribution in [0.5, 0.6) is 11.5 Å². The van der Waals surface area contributed by atoms with E-state index in [4.69, 9.17) is 14.0 Å². The largest absolute Gasteiger partial charge is 0.454 e. The first-order valence-corrected chi connectivity index (χ1v) is 12.2. The monoisotopic (exact) mass is 476 g/mol. The van der Waals surface area contributed by atoms with Gasteiger partial charge in [0.15, 0.2) is 11.5 Å². The van der Waals surface area contributed by atoms with Crippen molar-refractivity contribution in [2.75, 3.05) is 52.0 Å². The molecule has 0 bridgehead atoms.